The van der Waals surface area contributed by atoms with Crippen molar-refractivity contribution in [3.63, 3.8) is 0 Å². The SMILES string of the molecule is CN(C)c1nc(Nn2cnnc2)nc(Oc2ccccc2)n1. The van der Waals surface area contributed by atoms with E-state index in [9.17, 15) is 0 Å². The highest BCUT2D eigenvalue weighted by Gasteiger charge is 2.10. The summed E-state index contributed by atoms with van der Waals surface area (Å²) in [5.41, 5.74) is 2.93. The minimum absolute atomic E-state index is 0.195. The second kappa shape index (κ2) is 6.04. The Kier molecular flexibility index (Phi) is 3.77. The lowest BCUT2D eigenvalue weighted by atomic mass is 10.3. The van der Waals surface area contributed by atoms with Crippen LogP contribution in [0.1, 0.15) is 0 Å². The predicted octanol–water partition coefficient (Wildman–Crippen LogP) is 1.20. The molecule has 0 aliphatic rings. The van der Waals surface area contributed by atoms with Gasteiger partial charge in [-0.15, -0.1) is 10.2 Å². The average molecular weight is 298 g/mol. The van der Waals surface area contributed by atoms with Crippen molar-refractivity contribution in [3.8, 4) is 11.8 Å². The highest BCUT2D eigenvalue weighted by atomic mass is 16.5. The number of aromatic nitrogens is 6. The zero-order valence-electron chi connectivity index (χ0n) is 12.1. The summed E-state index contributed by atoms with van der Waals surface area (Å²) in [5.74, 6) is 1.44. The van der Waals surface area contributed by atoms with Gasteiger partial charge in [0.1, 0.15) is 18.4 Å². The van der Waals surface area contributed by atoms with E-state index in [4.69, 9.17) is 4.74 Å². The van der Waals surface area contributed by atoms with Gasteiger partial charge in [-0.2, -0.15) is 15.0 Å². The van der Waals surface area contributed by atoms with E-state index in [0.29, 0.717) is 17.6 Å². The van der Waals surface area contributed by atoms with Crippen LogP contribution in [0, 0.1) is 0 Å². The van der Waals surface area contributed by atoms with Crippen LogP contribution in [-0.2, 0) is 0 Å². The van der Waals surface area contributed by atoms with E-state index in [1.807, 2.05) is 44.4 Å². The summed E-state index contributed by atoms with van der Waals surface area (Å²) in [6, 6.07) is 9.50. The molecule has 0 atom stereocenters. The molecule has 9 heteroatoms. The molecule has 0 aliphatic heterocycles. The highest BCUT2D eigenvalue weighted by Crippen LogP contribution is 2.20. The first kappa shape index (κ1) is 13.7. The van der Waals surface area contributed by atoms with Crippen LogP contribution in [0.15, 0.2) is 43.0 Å². The number of rotatable bonds is 5. The first-order valence-electron chi connectivity index (χ1n) is 6.49. The van der Waals surface area contributed by atoms with Crippen molar-refractivity contribution in [2.75, 3.05) is 24.4 Å². The van der Waals surface area contributed by atoms with Gasteiger partial charge < -0.3 is 9.64 Å². The van der Waals surface area contributed by atoms with E-state index in [2.05, 4.69) is 30.6 Å². The van der Waals surface area contributed by atoms with Gasteiger partial charge in [0, 0.05) is 14.1 Å². The van der Waals surface area contributed by atoms with E-state index in [1.54, 1.807) is 4.90 Å². The molecule has 0 saturated carbocycles. The average Bonchev–Trinajstić information content (AvgIpc) is 3.01. The molecule has 22 heavy (non-hydrogen) atoms. The van der Waals surface area contributed by atoms with Crippen molar-refractivity contribution >= 4 is 11.9 Å². The molecule has 0 bridgehead atoms. The number of nitrogens with one attached hydrogen (secondary N) is 1. The van der Waals surface area contributed by atoms with Crippen LogP contribution in [0.25, 0.3) is 0 Å². The number of para-hydroxylation sites is 1. The van der Waals surface area contributed by atoms with Crippen molar-refractivity contribution in [2.45, 2.75) is 0 Å². The Hall–Kier alpha value is -3.23. The van der Waals surface area contributed by atoms with Crippen LogP contribution in [0.2, 0.25) is 0 Å². The van der Waals surface area contributed by atoms with Crippen molar-refractivity contribution in [1.29, 1.82) is 0 Å². The summed E-state index contributed by atoms with van der Waals surface area (Å²) in [6.45, 7) is 0. The lowest BCUT2D eigenvalue weighted by Crippen LogP contribution is -2.17. The number of ether oxygens (including phenoxy) is 1. The maximum Gasteiger partial charge on any atom is 0.328 e. The second-order valence-corrected chi connectivity index (χ2v) is 4.53. The van der Waals surface area contributed by atoms with Crippen LogP contribution in [-0.4, -0.2) is 43.9 Å². The van der Waals surface area contributed by atoms with Gasteiger partial charge in [0.25, 0.3) is 0 Å². The smallest absolute Gasteiger partial charge is 0.328 e. The van der Waals surface area contributed by atoms with Crippen LogP contribution >= 0.6 is 0 Å². The summed E-state index contributed by atoms with van der Waals surface area (Å²) < 4.78 is 7.19. The predicted molar refractivity (Wildman–Crippen MR) is 79.7 cm³/mol. The molecule has 1 aromatic carbocycles. The lowest BCUT2D eigenvalue weighted by Gasteiger charge is -2.13. The quantitative estimate of drug-likeness (QED) is 0.751. The maximum absolute atomic E-state index is 5.66. The monoisotopic (exact) mass is 298 g/mol. The van der Waals surface area contributed by atoms with E-state index in [0.717, 1.165) is 0 Å². The summed E-state index contributed by atoms with van der Waals surface area (Å²) in [6.07, 6.45) is 2.99. The molecule has 0 saturated heterocycles. The van der Waals surface area contributed by atoms with Crippen molar-refractivity contribution < 1.29 is 4.74 Å². The Balaban J connectivity index is 1.90. The fourth-order valence-electron chi connectivity index (χ4n) is 1.61. The van der Waals surface area contributed by atoms with Gasteiger partial charge in [-0.3, -0.25) is 5.43 Å². The molecule has 2 aromatic heterocycles. The summed E-state index contributed by atoms with van der Waals surface area (Å²) >= 11 is 0. The van der Waals surface area contributed by atoms with E-state index in [1.165, 1.54) is 17.3 Å². The molecule has 2 heterocycles. The fourth-order valence-corrected chi connectivity index (χ4v) is 1.61. The Morgan fingerprint density at radius 2 is 1.73 bits per heavy atom. The Morgan fingerprint density at radius 1 is 1.00 bits per heavy atom. The molecule has 1 N–H and O–H groups in total. The molecule has 9 nitrogen and oxygen atoms in total. The molecule has 0 spiro atoms. The van der Waals surface area contributed by atoms with Gasteiger partial charge in [0.05, 0.1) is 0 Å². The van der Waals surface area contributed by atoms with Gasteiger partial charge in [0.2, 0.25) is 11.9 Å². The van der Waals surface area contributed by atoms with Crippen LogP contribution < -0.4 is 15.1 Å². The van der Waals surface area contributed by atoms with Gasteiger partial charge in [-0.1, -0.05) is 18.2 Å². The third-order valence-electron chi connectivity index (χ3n) is 2.60. The highest BCUT2D eigenvalue weighted by molar-refractivity contribution is 5.37. The van der Waals surface area contributed by atoms with Gasteiger partial charge >= 0.3 is 6.01 Å². The third kappa shape index (κ3) is 3.26. The number of anilines is 2. The molecule has 0 amide bonds. The molecule has 0 aliphatic carbocycles. The lowest BCUT2D eigenvalue weighted by molar-refractivity contribution is 0.440. The number of hydrogen-bond acceptors (Lipinski definition) is 8. The standard InChI is InChI=1S/C13H14N8O/c1-20(2)12-16-11(19-21-8-14-15-9-21)17-13(18-12)22-10-6-4-3-5-7-10/h3-9H,1-2H3,(H,16,17,18,19). The molecular formula is C13H14N8O. The summed E-state index contributed by atoms with van der Waals surface area (Å²) in [5, 5.41) is 7.41. The van der Waals surface area contributed by atoms with Crippen molar-refractivity contribution in [2.24, 2.45) is 0 Å². The third-order valence-corrected chi connectivity index (χ3v) is 2.60. The minimum atomic E-state index is 0.195. The van der Waals surface area contributed by atoms with Crippen LogP contribution in [0.4, 0.5) is 11.9 Å². The topological polar surface area (TPSA) is 93.9 Å². The van der Waals surface area contributed by atoms with Crippen LogP contribution in [0.5, 0.6) is 11.8 Å². The Morgan fingerprint density at radius 3 is 2.41 bits per heavy atom. The largest absolute Gasteiger partial charge is 0.424 e. The van der Waals surface area contributed by atoms with E-state index in [-0.39, 0.29) is 6.01 Å². The zero-order chi connectivity index (χ0) is 15.4. The first-order chi connectivity index (χ1) is 10.7. The van der Waals surface area contributed by atoms with Crippen molar-refractivity contribution in [1.82, 2.24) is 29.8 Å². The molecule has 112 valence electrons. The Bertz CT molecular complexity index is 729. The zero-order valence-corrected chi connectivity index (χ0v) is 12.1. The fraction of sp³-hybridized carbons (Fsp3) is 0.154. The number of benzene rings is 1. The van der Waals surface area contributed by atoms with Gasteiger partial charge in [0.15, 0.2) is 0 Å². The summed E-state index contributed by atoms with van der Waals surface area (Å²) in [7, 11) is 3.67. The minimum Gasteiger partial charge on any atom is -0.424 e. The normalized spacial score (nSPS) is 10.3. The molecular weight excluding hydrogens is 284 g/mol. The molecule has 0 radical (unpaired) electrons. The molecule has 3 aromatic rings. The van der Waals surface area contributed by atoms with E-state index < -0.39 is 0 Å². The molecule has 3 rings (SSSR count). The van der Waals surface area contributed by atoms with Crippen LogP contribution in [0.3, 0.4) is 0 Å². The first-order valence-corrected chi connectivity index (χ1v) is 6.49. The molecule has 0 fully saturated rings. The second-order valence-electron chi connectivity index (χ2n) is 4.53. The van der Waals surface area contributed by atoms with E-state index >= 15 is 0 Å². The summed E-state index contributed by atoms with van der Waals surface area (Å²) in [4.78, 5) is 14.5. The van der Waals surface area contributed by atoms with Crippen molar-refractivity contribution in [3.05, 3.63) is 43.0 Å². The maximum atomic E-state index is 5.66. The molecule has 0 unspecified atom stereocenters. The van der Waals surface area contributed by atoms with Gasteiger partial charge in [-0.25, -0.2) is 4.68 Å². The van der Waals surface area contributed by atoms with Gasteiger partial charge in [-0.05, 0) is 12.1 Å². The Labute approximate surface area is 126 Å². The number of hydrogen-bond donors (Lipinski definition) is 1. The number of nitrogens with zero attached hydrogens (tertiary/aromatic N) is 7.